The minimum atomic E-state index is -3.90. The fourth-order valence-electron chi connectivity index (χ4n) is 3.99. The Morgan fingerprint density at radius 1 is 1.00 bits per heavy atom. The van der Waals surface area contributed by atoms with E-state index in [-0.39, 0.29) is 28.6 Å². The Morgan fingerprint density at radius 2 is 1.59 bits per heavy atom. The van der Waals surface area contributed by atoms with Gasteiger partial charge in [-0.15, -0.1) is 0 Å². The number of carbonyl (C=O) groups excluding carboxylic acids is 1. The van der Waals surface area contributed by atoms with Gasteiger partial charge in [-0.05, 0) is 66.5 Å². The molecule has 2 aromatic carbocycles. The molecule has 1 amide bonds. The second-order valence-electron chi connectivity index (χ2n) is 9.74. The molecule has 1 aliphatic heterocycles. The number of guanidine groups is 1. The number of benzene rings is 2. The molecule has 0 aromatic heterocycles. The van der Waals surface area contributed by atoms with E-state index < -0.39 is 16.1 Å². The number of nitrogens with one attached hydrogen (secondary N) is 1. The van der Waals surface area contributed by atoms with E-state index in [0.29, 0.717) is 18.8 Å². The molecule has 1 heterocycles. The van der Waals surface area contributed by atoms with E-state index >= 15 is 0 Å². The quantitative estimate of drug-likeness (QED) is 0.410. The van der Waals surface area contributed by atoms with E-state index in [1.165, 1.54) is 0 Å². The van der Waals surface area contributed by atoms with Crippen LogP contribution >= 0.6 is 0 Å². The monoisotopic (exact) mass is 485 g/mol. The van der Waals surface area contributed by atoms with E-state index in [1.54, 1.807) is 41.3 Å². The van der Waals surface area contributed by atoms with Crippen LogP contribution in [0.4, 0.5) is 5.69 Å². The molecule has 0 aliphatic carbocycles. The standard InChI is InChI=1S/C25H35N5O3S/c1-25(2,3)19-9-13-21(14-10-19)34(32,33)29-22(23(31)30-15-5-4-6-16-30)17-18-7-11-20(12-8-18)28-24(26)27/h7-14,22,29H,4-6,15-17H2,1-3H3,(H4,26,27,28)/t22-/m0/s1. The van der Waals surface area contributed by atoms with Gasteiger partial charge in [0.2, 0.25) is 15.9 Å². The summed E-state index contributed by atoms with van der Waals surface area (Å²) in [5.41, 5.74) is 13.2. The van der Waals surface area contributed by atoms with Gasteiger partial charge in [0.1, 0.15) is 6.04 Å². The molecule has 8 nitrogen and oxygen atoms in total. The molecule has 1 saturated heterocycles. The number of nitrogens with zero attached hydrogens (tertiary/aromatic N) is 2. The van der Waals surface area contributed by atoms with Gasteiger partial charge in [-0.2, -0.15) is 4.72 Å². The molecule has 1 fully saturated rings. The van der Waals surface area contributed by atoms with Gasteiger partial charge in [-0.25, -0.2) is 13.4 Å². The summed E-state index contributed by atoms with van der Waals surface area (Å²) in [6.45, 7) is 7.49. The number of piperidine rings is 1. The molecule has 2 aromatic rings. The lowest BCUT2D eigenvalue weighted by atomic mass is 9.87. The van der Waals surface area contributed by atoms with Crippen LogP contribution in [0.5, 0.6) is 0 Å². The fourth-order valence-corrected chi connectivity index (χ4v) is 5.18. The third-order valence-corrected chi connectivity index (χ3v) is 7.42. The molecule has 1 aliphatic rings. The number of hydrogen-bond acceptors (Lipinski definition) is 4. The zero-order valence-corrected chi connectivity index (χ0v) is 20.9. The number of carbonyl (C=O) groups is 1. The van der Waals surface area contributed by atoms with E-state index in [1.807, 2.05) is 12.1 Å². The van der Waals surface area contributed by atoms with Crippen molar-refractivity contribution in [2.24, 2.45) is 16.5 Å². The Labute approximate surface area is 202 Å². The molecule has 9 heteroatoms. The van der Waals surface area contributed by atoms with Crippen molar-refractivity contribution < 1.29 is 13.2 Å². The largest absolute Gasteiger partial charge is 0.370 e. The van der Waals surface area contributed by atoms with Crippen LogP contribution in [0.2, 0.25) is 0 Å². The number of hydrogen-bond donors (Lipinski definition) is 3. The number of likely N-dealkylation sites (tertiary alicyclic amines) is 1. The van der Waals surface area contributed by atoms with Crippen molar-refractivity contribution >= 4 is 27.6 Å². The van der Waals surface area contributed by atoms with Crippen LogP contribution in [0, 0.1) is 0 Å². The third-order valence-electron chi connectivity index (χ3n) is 5.93. The topological polar surface area (TPSA) is 131 Å². The summed E-state index contributed by atoms with van der Waals surface area (Å²) in [6, 6.07) is 13.0. The van der Waals surface area contributed by atoms with E-state index in [4.69, 9.17) is 11.5 Å². The van der Waals surface area contributed by atoms with Crippen LogP contribution in [-0.2, 0) is 26.7 Å². The number of nitrogens with two attached hydrogens (primary N) is 2. The van der Waals surface area contributed by atoms with E-state index in [9.17, 15) is 13.2 Å². The summed E-state index contributed by atoms with van der Waals surface area (Å²) in [5, 5.41) is 0. The lowest BCUT2D eigenvalue weighted by Crippen LogP contribution is -2.50. The molecule has 0 spiro atoms. The van der Waals surface area contributed by atoms with Crippen molar-refractivity contribution in [2.45, 2.75) is 62.8 Å². The zero-order valence-electron chi connectivity index (χ0n) is 20.1. The number of sulfonamides is 1. The van der Waals surface area contributed by atoms with Gasteiger partial charge in [-0.1, -0.05) is 45.0 Å². The molecule has 0 radical (unpaired) electrons. The normalized spacial score (nSPS) is 15.6. The molecule has 184 valence electrons. The Morgan fingerprint density at radius 3 is 2.12 bits per heavy atom. The average molecular weight is 486 g/mol. The SMILES string of the molecule is CC(C)(C)c1ccc(S(=O)(=O)N[C@@H](Cc2ccc(N=C(N)N)cc2)C(=O)N2CCCCC2)cc1. The lowest BCUT2D eigenvalue weighted by Gasteiger charge is -2.31. The van der Waals surface area contributed by atoms with Gasteiger partial charge in [0.25, 0.3) is 0 Å². The molecule has 34 heavy (non-hydrogen) atoms. The van der Waals surface area contributed by atoms with Crippen molar-refractivity contribution in [2.75, 3.05) is 13.1 Å². The first-order valence-electron chi connectivity index (χ1n) is 11.6. The van der Waals surface area contributed by atoms with Gasteiger partial charge in [0.05, 0.1) is 10.6 Å². The smallest absolute Gasteiger partial charge is 0.241 e. The molecule has 0 unspecified atom stereocenters. The first-order valence-corrected chi connectivity index (χ1v) is 13.0. The molecular weight excluding hydrogens is 450 g/mol. The van der Waals surface area contributed by atoms with Crippen molar-refractivity contribution in [3.05, 3.63) is 59.7 Å². The Bertz CT molecular complexity index is 1110. The highest BCUT2D eigenvalue weighted by molar-refractivity contribution is 7.89. The summed E-state index contributed by atoms with van der Waals surface area (Å²) in [5.74, 6) is -0.251. The first-order chi connectivity index (χ1) is 16.0. The van der Waals surface area contributed by atoms with Crippen molar-refractivity contribution in [3.63, 3.8) is 0 Å². The lowest BCUT2D eigenvalue weighted by molar-refractivity contribution is -0.133. The third kappa shape index (κ3) is 6.80. The van der Waals surface area contributed by atoms with Crippen LogP contribution in [0.3, 0.4) is 0 Å². The second-order valence-corrected chi connectivity index (χ2v) is 11.5. The minimum absolute atomic E-state index is 0.0452. The summed E-state index contributed by atoms with van der Waals surface area (Å²) in [7, 11) is -3.90. The van der Waals surface area contributed by atoms with Crippen molar-refractivity contribution in [1.82, 2.24) is 9.62 Å². The highest BCUT2D eigenvalue weighted by atomic mass is 32.2. The van der Waals surface area contributed by atoms with Crippen LogP contribution in [0.25, 0.3) is 0 Å². The molecule has 0 saturated carbocycles. The van der Waals surface area contributed by atoms with Crippen LogP contribution in [-0.4, -0.2) is 44.3 Å². The summed E-state index contributed by atoms with van der Waals surface area (Å²) in [6.07, 6.45) is 3.14. The molecule has 1 atom stereocenters. The maximum Gasteiger partial charge on any atom is 0.241 e. The summed E-state index contributed by atoms with van der Waals surface area (Å²) < 4.78 is 29.1. The Kier molecular flexibility index (Phi) is 7.99. The average Bonchev–Trinajstić information content (AvgIpc) is 2.79. The van der Waals surface area contributed by atoms with E-state index in [2.05, 4.69) is 30.5 Å². The predicted octanol–water partition coefficient (Wildman–Crippen LogP) is 2.79. The Balaban J connectivity index is 1.85. The summed E-state index contributed by atoms with van der Waals surface area (Å²) in [4.78, 5) is 19.2. The van der Waals surface area contributed by atoms with Crippen LogP contribution in [0.15, 0.2) is 58.4 Å². The van der Waals surface area contributed by atoms with Gasteiger partial charge < -0.3 is 16.4 Å². The van der Waals surface area contributed by atoms with Gasteiger partial charge in [0, 0.05) is 13.1 Å². The maximum atomic E-state index is 13.4. The molecule has 5 N–H and O–H groups in total. The highest BCUT2D eigenvalue weighted by Crippen LogP contribution is 2.24. The number of rotatable bonds is 7. The molecule has 3 rings (SSSR count). The second kappa shape index (κ2) is 10.6. The molecular formula is C25H35N5O3S. The predicted molar refractivity (Wildman–Crippen MR) is 135 cm³/mol. The maximum absolute atomic E-state index is 13.4. The summed E-state index contributed by atoms with van der Waals surface area (Å²) >= 11 is 0. The van der Waals surface area contributed by atoms with E-state index in [0.717, 1.165) is 30.4 Å². The van der Waals surface area contributed by atoms with Crippen molar-refractivity contribution in [1.29, 1.82) is 0 Å². The van der Waals surface area contributed by atoms with Gasteiger partial charge in [-0.3, -0.25) is 4.79 Å². The first kappa shape index (κ1) is 25.7. The number of aliphatic imine (C=N–C) groups is 1. The van der Waals surface area contributed by atoms with Crippen LogP contribution < -0.4 is 16.2 Å². The van der Waals surface area contributed by atoms with Crippen LogP contribution in [0.1, 0.15) is 51.2 Å². The minimum Gasteiger partial charge on any atom is -0.370 e. The van der Waals surface area contributed by atoms with Gasteiger partial charge >= 0.3 is 0 Å². The zero-order chi connectivity index (χ0) is 24.9. The Hall–Kier alpha value is -2.91. The highest BCUT2D eigenvalue weighted by Gasteiger charge is 2.30. The van der Waals surface area contributed by atoms with Gasteiger partial charge in [0.15, 0.2) is 5.96 Å². The fraction of sp³-hybridized carbons (Fsp3) is 0.440. The van der Waals surface area contributed by atoms with Crippen molar-refractivity contribution in [3.8, 4) is 0 Å². The molecule has 0 bridgehead atoms. The number of amides is 1.